The van der Waals surface area contributed by atoms with Gasteiger partial charge in [0.25, 0.3) is 5.91 Å². The number of amides is 1. The van der Waals surface area contributed by atoms with E-state index in [-0.39, 0.29) is 5.56 Å². The molecule has 0 aliphatic carbocycles. The maximum atomic E-state index is 13.2. The van der Waals surface area contributed by atoms with Crippen LogP contribution in [0, 0.1) is 11.6 Å². The first-order valence-electron chi connectivity index (χ1n) is 5.39. The molecule has 0 saturated heterocycles. The van der Waals surface area contributed by atoms with E-state index in [1.54, 1.807) is 0 Å². The first-order valence-corrected chi connectivity index (χ1v) is 5.39. The van der Waals surface area contributed by atoms with E-state index in [0.29, 0.717) is 6.54 Å². The molecule has 0 heterocycles. The molecular formula is C12H16F2N2O. The Morgan fingerprint density at radius 1 is 1.35 bits per heavy atom. The van der Waals surface area contributed by atoms with Gasteiger partial charge in [-0.05, 0) is 39.2 Å². The van der Waals surface area contributed by atoms with Crippen molar-refractivity contribution in [3.05, 3.63) is 35.4 Å². The quantitative estimate of drug-likeness (QED) is 0.796. The number of carbonyl (C=O) groups excluding carboxylic acids is 1. The second kappa shape index (κ2) is 6.30. The summed E-state index contributed by atoms with van der Waals surface area (Å²) < 4.78 is 26.1. The molecule has 0 unspecified atom stereocenters. The van der Waals surface area contributed by atoms with Gasteiger partial charge in [-0.1, -0.05) is 6.07 Å². The number of nitrogens with one attached hydrogen (secondary N) is 1. The van der Waals surface area contributed by atoms with Crippen LogP contribution in [0.3, 0.4) is 0 Å². The molecule has 1 aromatic carbocycles. The number of halogens is 2. The minimum absolute atomic E-state index is 0.255. The van der Waals surface area contributed by atoms with Crippen molar-refractivity contribution in [2.24, 2.45) is 0 Å². The van der Waals surface area contributed by atoms with Crippen molar-refractivity contribution in [2.45, 2.75) is 6.42 Å². The summed E-state index contributed by atoms with van der Waals surface area (Å²) in [6.07, 6.45) is 0.760. The third-order valence-corrected chi connectivity index (χ3v) is 2.26. The van der Waals surface area contributed by atoms with Crippen molar-refractivity contribution in [3.63, 3.8) is 0 Å². The zero-order valence-corrected chi connectivity index (χ0v) is 9.96. The molecule has 1 aromatic rings. The number of hydrogen-bond donors (Lipinski definition) is 1. The van der Waals surface area contributed by atoms with Crippen molar-refractivity contribution in [3.8, 4) is 0 Å². The molecule has 1 rings (SSSR count). The Balaban J connectivity index is 2.50. The normalized spacial score (nSPS) is 10.6. The van der Waals surface area contributed by atoms with Gasteiger partial charge in [0.1, 0.15) is 0 Å². The van der Waals surface area contributed by atoms with Crippen LogP contribution < -0.4 is 5.32 Å². The van der Waals surface area contributed by atoms with Crippen LogP contribution in [0.1, 0.15) is 16.8 Å². The molecule has 0 radical (unpaired) electrons. The van der Waals surface area contributed by atoms with Gasteiger partial charge in [-0.15, -0.1) is 0 Å². The molecule has 0 aliphatic rings. The predicted molar refractivity (Wildman–Crippen MR) is 61.9 cm³/mol. The Labute approximate surface area is 99.4 Å². The highest BCUT2D eigenvalue weighted by molar-refractivity contribution is 5.94. The highest BCUT2D eigenvalue weighted by atomic mass is 19.2. The molecule has 1 amide bonds. The Bertz CT molecular complexity index is 394. The van der Waals surface area contributed by atoms with Crippen molar-refractivity contribution in [2.75, 3.05) is 27.2 Å². The Morgan fingerprint density at radius 3 is 2.71 bits per heavy atom. The van der Waals surface area contributed by atoms with Gasteiger partial charge in [0.2, 0.25) is 0 Å². The van der Waals surface area contributed by atoms with Crippen LogP contribution >= 0.6 is 0 Å². The summed E-state index contributed by atoms with van der Waals surface area (Å²) in [6, 6.07) is 3.56. The molecule has 1 N–H and O–H groups in total. The van der Waals surface area contributed by atoms with Crippen LogP contribution in [0.25, 0.3) is 0 Å². The molecule has 0 spiro atoms. The summed E-state index contributed by atoms with van der Waals surface area (Å²) in [6.45, 7) is 1.26. The third kappa shape index (κ3) is 4.11. The molecule has 0 aliphatic heterocycles. The van der Waals surface area contributed by atoms with Crippen LogP contribution in [0.5, 0.6) is 0 Å². The zero-order valence-electron chi connectivity index (χ0n) is 9.96. The van der Waals surface area contributed by atoms with Gasteiger partial charge >= 0.3 is 0 Å². The Morgan fingerprint density at radius 2 is 2.06 bits per heavy atom. The van der Waals surface area contributed by atoms with E-state index in [1.165, 1.54) is 12.1 Å². The summed E-state index contributed by atoms with van der Waals surface area (Å²) in [7, 11) is 3.85. The monoisotopic (exact) mass is 242 g/mol. The fourth-order valence-corrected chi connectivity index (χ4v) is 1.37. The lowest BCUT2D eigenvalue weighted by Gasteiger charge is -2.10. The molecule has 0 saturated carbocycles. The Kier molecular flexibility index (Phi) is 5.03. The fraction of sp³-hybridized carbons (Fsp3) is 0.417. The average molecular weight is 242 g/mol. The minimum atomic E-state index is -1.10. The molecule has 0 fully saturated rings. The van der Waals surface area contributed by atoms with E-state index in [4.69, 9.17) is 0 Å². The summed E-state index contributed by atoms with van der Waals surface area (Å²) in [5, 5.41) is 2.55. The van der Waals surface area contributed by atoms with Gasteiger partial charge in [-0.3, -0.25) is 4.79 Å². The summed E-state index contributed by atoms with van der Waals surface area (Å²) in [5.41, 5.74) is -0.255. The number of hydrogen-bond acceptors (Lipinski definition) is 2. The Hall–Kier alpha value is -1.49. The molecule has 0 bridgehead atoms. The lowest BCUT2D eigenvalue weighted by atomic mass is 10.2. The molecule has 94 valence electrons. The van der Waals surface area contributed by atoms with E-state index in [0.717, 1.165) is 19.0 Å². The van der Waals surface area contributed by atoms with Gasteiger partial charge < -0.3 is 10.2 Å². The van der Waals surface area contributed by atoms with E-state index in [1.807, 2.05) is 19.0 Å². The van der Waals surface area contributed by atoms with E-state index < -0.39 is 17.5 Å². The molecule has 0 atom stereocenters. The highest BCUT2D eigenvalue weighted by Gasteiger charge is 2.14. The van der Waals surface area contributed by atoms with Crippen molar-refractivity contribution in [1.82, 2.24) is 10.2 Å². The molecule has 17 heavy (non-hydrogen) atoms. The van der Waals surface area contributed by atoms with Crippen molar-refractivity contribution in [1.29, 1.82) is 0 Å². The number of benzene rings is 1. The lowest BCUT2D eigenvalue weighted by Crippen LogP contribution is -2.28. The van der Waals surface area contributed by atoms with Crippen LogP contribution in [-0.2, 0) is 0 Å². The van der Waals surface area contributed by atoms with E-state index in [9.17, 15) is 13.6 Å². The lowest BCUT2D eigenvalue weighted by molar-refractivity contribution is 0.0947. The van der Waals surface area contributed by atoms with Crippen molar-refractivity contribution < 1.29 is 13.6 Å². The second-order valence-electron chi connectivity index (χ2n) is 4.01. The van der Waals surface area contributed by atoms with Gasteiger partial charge in [-0.2, -0.15) is 0 Å². The first-order chi connectivity index (χ1) is 8.02. The molecule has 5 heteroatoms. The standard InChI is InChI=1S/C12H16F2N2O/c1-16(2)8-4-7-15-12(17)9-5-3-6-10(13)11(9)14/h3,5-6H,4,7-8H2,1-2H3,(H,15,17). The SMILES string of the molecule is CN(C)CCCNC(=O)c1cccc(F)c1F. The maximum Gasteiger partial charge on any atom is 0.254 e. The fourth-order valence-electron chi connectivity index (χ4n) is 1.37. The number of rotatable bonds is 5. The van der Waals surface area contributed by atoms with Gasteiger partial charge in [0.05, 0.1) is 5.56 Å². The van der Waals surface area contributed by atoms with Crippen molar-refractivity contribution >= 4 is 5.91 Å². The van der Waals surface area contributed by atoms with Crippen LogP contribution in [0.4, 0.5) is 8.78 Å². The topological polar surface area (TPSA) is 32.3 Å². The first kappa shape index (κ1) is 13.6. The smallest absolute Gasteiger partial charge is 0.254 e. The third-order valence-electron chi connectivity index (χ3n) is 2.26. The summed E-state index contributed by atoms with van der Waals surface area (Å²) in [5.74, 6) is -2.69. The molecule has 0 aromatic heterocycles. The summed E-state index contributed by atoms with van der Waals surface area (Å²) in [4.78, 5) is 13.5. The average Bonchev–Trinajstić information content (AvgIpc) is 2.27. The van der Waals surface area contributed by atoms with E-state index >= 15 is 0 Å². The van der Waals surface area contributed by atoms with Gasteiger partial charge in [-0.25, -0.2) is 8.78 Å². The van der Waals surface area contributed by atoms with Gasteiger partial charge in [0, 0.05) is 6.54 Å². The highest BCUT2D eigenvalue weighted by Crippen LogP contribution is 2.10. The van der Waals surface area contributed by atoms with Crippen LogP contribution in [-0.4, -0.2) is 38.0 Å². The molecular weight excluding hydrogens is 226 g/mol. The second-order valence-corrected chi connectivity index (χ2v) is 4.01. The molecule has 3 nitrogen and oxygen atoms in total. The van der Waals surface area contributed by atoms with Gasteiger partial charge in [0.15, 0.2) is 11.6 Å². The summed E-state index contributed by atoms with van der Waals surface area (Å²) >= 11 is 0. The number of nitrogens with zero attached hydrogens (tertiary/aromatic N) is 1. The number of carbonyl (C=O) groups is 1. The minimum Gasteiger partial charge on any atom is -0.352 e. The zero-order chi connectivity index (χ0) is 12.8. The predicted octanol–water partition coefficient (Wildman–Crippen LogP) is 1.65. The van der Waals surface area contributed by atoms with Crippen LogP contribution in [0.2, 0.25) is 0 Å². The maximum absolute atomic E-state index is 13.2. The van der Waals surface area contributed by atoms with Crippen LogP contribution in [0.15, 0.2) is 18.2 Å². The van der Waals surface area contributed by atoms with E-state index in [2.05, 4.69) is 5.32 Å². The largest absolute Gasteiger partial charge is 0.352 e.